The molecule has 0 atom stereocenters. The monoisotopic (exact) mass is 481 g/mol. The Kier molecular flexibility index (Phi) is 5.75. The Hall–Kier alpha value is -3.60. The van der Waals surface area contributed by atoms with Crippen LogP contribution in [-0.2, 0) is 19.3 Å². The lowest BCUT2D eigenvalue weighted by molar-refractivity contribution is -0.137. The van der Waals surface area contributed by atoms with E-state index in [4.69, 9.17) is 17.3 Å². The first-order chi connectivity index (χ1) is 15.5. The Morgan fingerprint density at radius 2 is 1.88 bits per heavy atom. The van der Waals surface area contributed by atoms with Crippen LogP contribution in [0.1, 0.15) is 21.6 Å². The summed E-state index contributed by atoms with van der Waals surface area (Å²) in [4.78, 5) is 26.3. The summed E-state index contributed by atoms with van der Waals surface area (Å²) in [5, 5.41) is 6.59. The summed E-state index contributed by atoms with van der Waals surface area (Å²) in [5.41, 5.74) is 5.20. The number of aromatic nitrogens is 2. The van der Waals surface area contributed by atoms with Crippen molar-refractivity contribution in [3.8, 4) is 11.3 Å². The standard InChI is InChI=1S/C21H16ClF4N5O2/c22-14-9-12(21(24,25)26)4-5-15(14)28-19(32)17-16-10-30(20(27)33)6-7-31(16)29-18(17)11-2-1-3-13(23)8-11/h1-5,8-9H,6-7,10H2,(H2,27,33)(H,28,32). The first-order valence-electron chi connectivity index (χ1n) is 9.62. The normalized spacial score (nSPS) is 13.5. The van der Waals surface area contributed by atoms with Crippen molar-refractivity contribution in [2.24, 2.45) is 5.73 Å². The first kappa shape index (κ1) is 22.6. The number of hydrogen-bond donors (Lipinski definition) is 2. The summed E-state index contributed by atoms with van der Waals surface area (Å²) in [7, 11) is 0. The molecule has 0 fully saturated rings. The minimum absolute atomic E-state index is 0.0266. The predicted molar refractivity (Wildman–Crippen MR) is 112 cm³/mol. The molecule has 0 saturated carbocycles. The van der Waals surface area contributed by atoms with Gasteiger partial charge in [0.1, 0.15) is 11.5 Å². The number of primary amides is 1. The number of carbonyl (C=O) groups excluding carboxylic acids is 2. The summed E-state index contributed by atoms with van der Waals surface area (Å²) in [6.45, 7) is 0.481. The second kappa shape index (κ2) is 8.39. The summed E-state index contributed by atoms with van der Waals surface area (Å²) in [5.74, 6) is -1.28. The number of carbonyl (C=O) groups is 2. The number of hydrogen-bond acceptors (Lipinski definition) is 3. The lowest BCUT2D eigenvalue weighted by atomic mass is 10.0. The van der Waals surface area contributed by atoms with Crippen LogP contribution < -0.4 is 11.1 Å². The van der Waals surface area contributed by atoms with E-state index in [9.17, 15) is 27.2 Å². The van der Waals surface area contributed by atoms with Crippen molar-refractivity contribution >= 4 is 29.2 Å². The molecule has 2 heterocycles. The second-order valence-corrected chi connectivity index (χ2v) is 7.72. The number of nitrogens with two attached hydrogens (primary N) is 1. The van der Waals surface area contributed by atoms with E-state index < -0.39 is 29.5 Å². The maximum Gasteiger partial charge on any atom is 0.416 e. The number of anilines is 1. The average molecular weight is 482 g/mol. The molecular formula is C21H16ClF4N5O2. The zero-order chi connectivity index (χ0) is 23.9. The van der Waals surface area contributed by atoms with Crippen LogP contribution in [-0.4, -0.2) is 33.2 Å². The van der Waals surface area contributed by atoms with Crippen molar-refractivity contribution in [2.45, 2.75) is 19.3 Å². The Bertz CT molecular complexity index is 1260. The molecule has 12 heteroatoms. The van der Waals surface area contributed by atoms with E-state index in [-0.39, 0.29) is 41.6 Å². The van der Waals surface area contributed by atoms with Crippen molar-refractivity contribution < 1.29 is 27.2 Å². The highest BCUT2D eigenvalue weighted by molar-refractivity contribution is 6.34. The molecule has 0 aliphatic carbocycles. The number of urea groups is 1. The maximum atomic E-state index is 13.9. The second-order valence-electron chi connectivity index (χ2n) is 7.31. The van der Waals surface area contributed by atoms with Gasteiger partial charge in [0.15, 0.2) is 0 Å². The fourth-order valence-electron chi connectivity index (χ4n) is 3.56. The molecule has 3 aromatic rings. The molecule has 0 bridgehead atoms. The molecule has 0 spiro atoms. The third kappa shape index (κ3) is 4.49. The van der Waals surface area contributed by atoms with E-state index >= 15 is 0 Å². The number of alkyl halides is 3. The van der Waals surface area contributed by atoms with E-state index in [2.05, 4.69) is 10.4 Å². The fourth-order valence-corrected chi connectivity index (χ4v) is 3.79. The Morgan fingerprint density at radius 3 is 2.52 bits per heavy atom. The van der Waals surface area contributed by atoms with Crippen molar-refractivity contribution in [1.82, 2.24) is 14.7 Å². The molecule has 1 aliphatic heterocycles. The molecule has 172 valence electrons. The van der Waals surface area contributed by atoms with Crippen molar-refractivity contribution in [1.29, 1.82) is 0 Å². The van der Waals surface area contributed by atoms with Crippen LogP contribution in [0, 0.1) is 5.82 Å². The van der Waals surface area contributed by atoms with Gasteiger partial charge in [0.25, 0.3) is 5.91 Å². The average Bonchev–Trinajstić information content (AvgIpc) is 3.13. The number of nitrogens with one attached hydrogen (secondary N) is 1. The smallest absolute Gasteiger partial charge is 0.351 e. The van der Waals surface area contributed by atoms with Crippen LogP contribution in [0.2, 0.25) is 5.02 Å². The molecule has 0 unspecified atom stereocenters. The van der Waals surface area contributed by atoms with E-state index in [1.165, 1.54) is 27.8 Å². The number of halogens is 5. The van der Waals surface area contributed by atoms with Crippen molar-refractivity contribution in [3.63, 3.8) is 0 Å². The van der Waals surface area contributed by atoms with Gasteiger partial charge >= 0.3 is 12.2 Å². The Balaban J connectivity index is 1.76. The number of fused-ring (bicyclic) bond motifs is 1. The molecule has 1 aromatic heterocycles. The minimum atomic E-state index is -4.60. The fraction of sp³-hybridized carbons (Fsp3) is 0.190. The van der Waals surface area contributed by atoms with Crippen molar-refractivity contribution in [3.05, 3.63) is 70.1 Å². The van der Waals surface area contributed by atoms with Gasteiger partial charge in [-0.2, -0.15) is 18.3 Å². The zero-order valence-corrected chi connectivity index (χ0v) is 17.5. The van der Waals surface area contributed by atoms with Gasteiger partial charge in [0.2, 0.25) is 0 Å². The molecular weight excluding hydrogens is 466 g/mol. The van der Waals surface area contributed by atoms with Crippen molar-refractivity contribution in [2.75, 3.05) is 11.9 Å². The topological polar surface area (TPSA) is 93.2 Å². The third-order valence-corrected chi connectivity index (χ3v) is 5.47. The molecule has 3 amide bonds. The van der Waals surface area contributed by atoms with Gasteiger partial charge in [-0.15, -0.1) is 0 Å². The van der Waals surface area contributed by atoms with E-state index in [1.807, 2.05) is 0 Å². The van der Waals surface area contributed by atoms with Crippen LogP contribution in [0.4, 0.5) is 28.0 Å². The SMILES string of the molecule is NC(=O)N1CCn2nc(-c3cccc(F)c3)c(C(=O)Nc3ccc(C(F)(F)F)cc3Cl)c2C1. The molecule has 2 aromatic carbocycles. The van der Waals surface area contributed by atoms with Gasteiger partial charge in [-0.05, 0) is 30.3 Å². The molecule has 0 radical (unpaired) electrons. The first-order valence-corrected chi connectivity index (χ1v) is 10.0. The van der Waals surface area contributed by atoms with Gasteiger partial charge in [0, 0.05) is 12.1 Å². The van der Waals surface area contributed by atoms with Crippen LogP contribution in [0.5, 0.6) is 0 Å². The highest BCUT2D eigenvalue weighted by atomic mass is 35.5. The van der Waals surface area contributed by atoms with Gasteiger partial charge in [-0.25, -0.2) is 9.18 Å². The molecule has 33 heavy (non-hydrogen) atoms. The lowest BCUT2D eigenvalue weighted by Crippen LogP contribution is -2.42. The maximum absolute atomic E-state index is 13.9. The number of benzene rings is 2. The third-order valence-electron chi connectivity index (χ3n) is 5.16. The Labute approximate surface area is 189 Å². The largest absolute Gasteiger partial charge is 0.416 e. The quantitative estimate of drug-likeness (QED) is 0.539. The number of rotatable bonds is 3. The number of amides is 3. The summed E-state index contributed by atoms with van der Waals surface area (Å²) >= 11 is 5.97. The molecule has 7 nitrogen and oxygen atoms in total. The van der Waals surface area contributed by atoms with E-state index in [0.717, 1.165) is 12.1 Å². The highest BCUT2D eigenvalue weighted by Gasteiger charge is 2.32. The van der Waals surface area contributed by atoms with Gasteiger partial charge in [-0.1, -0.05) is 23.7 Å². The molecule has 0 saturated heterocycles. The minimum Gasteiger partial charge on any atom is -0.351 e. The van der Waals surface area contributed by atoms with Gasteiger partial charge in [0.05, 0.1) is 40.6 Å². The molecule has 3 N–H and O–H groups in total. The van der Waals surface area contributed by atoms with Crippen LogP contribution in [0.25, 0.3) is 11.3 Å². The Morgan fingerprint density at radius 1 is 1.12 bits per heavy atom. The zero-order valence-electron chi connectivity index (χ0n) is 16.8. The van der Waals surface area contributed by atoms with Gasteiger partial charge in [-0.3, -0.25) is 9.48 Å². The van der Waals surface area contributed by atoms with Crippen LogP contribution in [0.15, 0.2) is 42.5 Å². The summed E-state index contributed by atoms with van der Waals surface area (Å²) in [6, 6.07) is 7.28. The van der Waals surface area contributed by atoms with Crippen LogP contribution >= 0.6 is 11.6 Å². The van der Waals surface area contributed by atoms with Crippen LogP contribution in [0.3, 0.4) is 0 Å². The van der Waals surface area contributed by atoms with Gasteiger partial charge < -0.3 is 16.0 Å². The van der Waals surface area contributed by atoms with E-state index in [0.29, 0.717) is 17.3 Å². The highest BCUT2D eigenvalue weighted by Crippen LogP contribution is 2.35. The predicted octanol–water partition coefficient (Wildman–Crippen LogP) is 4.51. The molecule has 1 aliphatic rings. The molecule has 4 rings (SSSR count). The van der Waals surface area contributed by atoms with E-state index in [1.54, 1.807) is 6.07 Å². The summed E-state index contributed by atoms with van der Waals surface area (Å²) in [6.07, 6.45) is -4.60. The number of nitrogens with zero attached hydrogens (tertiary/aromatic N) is 3. The summed E-state index contributed by atoms with van der Waals surface area (Å²) < 4.78 is 54.1. The lowest BCUT2D eigenvalue weighted by Gasteiger charge is -2.26.